The maximum Gasteiger partial charge on any atom is 0.261 e. The van der Waals surface area contributed by atoms with Gasteiger partial charge in [0.2, 0.25) is 0 Å². The fourth-order valence-corrected chi connectivity index (χ4v) is 1.96. The van der Waals surface area contributed by atoms with Crippen LogP contribution in [0.2, 0.25) is 0 Å². The lowest BCUT2D eigenvalue weighted by atomic mass is 10.2. The number of nitrogens with one attached hydrogen (secondary N) is 1. The average molecular weight is 354 g/mol. The molecule has 2 aromatic rings. The number of carbonyl (C=O) groups excluding carboxylic acids is 1. The molecule has 0 spiro atoms. The Morgan fingerprint density at radius 2 is 2.43 bits per heavy atom. The Bertz CT molecular complexity index is 657. The van der Waals surface area contributed by atoms with Crippen LogP contribution in [0, 0.1) is 0 Å². The van der Waals surface area contributed by atoms with Gasteiger partial charge in [-0.25, -0.2) is 15.1 Å². The van der Waals surface area contributed by atoms with Crippen LogP contribution in [0.1, 0.15) is 5.56 Å². The maximum absolute atomic E-state index is 11.6. The monoisotopic (exact) mass is 353 g/mol. The summed E-state index contributed by atoms with van der Waals surface area (Å²) in [5.74, 6) is -0.0220. The number of hydrogen-bond acceptors (Lipinski definition) is 6. The molecular weight excluding hydrogens is 342 g/mol. The molecule has 0 aliphatic rings. The van der Waals surface area contributed by atoms with E-state index in [1.54, 1.807) is 12.1 Å². The van der Waals surface area contributed by atoms with Crippen molar-refractivity contribution in [3.05, 3.63) is 34.8 Å². The van der Waals surface area contributed by atoms with Crippen LogP contribution in [0.25, 0.3) is 0 Å². The number of carbonyl (C=O) groups is 1. The number of hydrazone groups is 1. The van der Waals surface area contributed by atoms with Crippen molar-refractivity contribution in [2.45, 2.75) is 6.54 Å². The molecule has 1 heterocycles. The molecule has 0 atom stereocenters. The van der Waals surface area contributed by atoms with Crippen LogP contribution in [0.4, 0.5) is 0 Å². The molecule has 21 heavy (non-hydrogen) atoms. The molecule has 2 N–H and O–H groups in total. The van der Waals surface area contributed by atoms with E-state index in [9.17, 15) is 9.90 Å². The summed E-state index contributed by atoms with van der Waals surface area (Å²) in [7, 11) is 1.45. The molecule has 8 nitrogen and oxygen atoms in total. The number of methoxy groups -OCH3 is 1. The topological polar surface area (TPSA) is 102 Å². The Morgan fingerprint density at radius 1 is 1.62 bits per heavy atom. The van der Waals surface area contributed by atoms with Gasteiger partial charge in [0.25, 0.3) is 5.91 Å². The van der Waals surface area contributed by atoms with Gasteiger partial charge in [-0.05, 0) is 33.6 Å². The van der Waals surface area contributed by atoms with Crippen LogP contribution in [-0.4, -0.2) is 39.1 Å². The van der Waals surface area contributed by atoms with Crippen molar-refractivity contribution < 1.29 is 14.6 Å². The summed E-state index contributed by atoms with van der Waals surface area (Å²) in [6, 6.07) is 3.23. The van der Waals surface area contributed by atoms with Crippen LogP contribution >= 0.6 is 15.9 Å². The van der Waals surface area contributed by atoms with Crippen molar-refractivity contribution in [3.63, 3.8) is 0 Å². The molecule has 0 radical (unpaired) electrons. The van der Waals surface area contributed by atoms with E-state index in [4.69, 9.17) is 4.74 Å². The van der Waals surface area contributed by atoms with Crippen molar-refractivity contribution >= 4 is 28.1 Å². The lowest BCUT2D eigenvalue weighted by Crippen LogP contribution is -2.23. The van der Waals surface area contributed by atoms with Gasteiger partial charge in [-0.1, -0.05) is 0 Å². The van der Waals surface area contributed by atoms with Gasteiger partial charge in [0.15, 0.2) is 11.5 Å². The number of aromatic hydroxyl groups is 1. The molecule has 1 amide bonds. The summed E-state index contributed by atoms with van der Waals surface area (Å²) in [4.78, 5) is 15.3. The first-order valence-electron chi connectivity index (χ1n) is 5.81. The zero-order chi connectivity index (χ0) is 15.2. The van der Waals surface area contributed by atoms with E-state index in [2.05, 4.69) is 36.5 Å². The van der Waals surface area contributed by atoms with Crippen LogP contribution in [0.3, 0.4) is 0 Å². The highest BCUT2D eigenvalue weighted by Crippen LogP contribution is 2.34. The van der Waals surface area contributed by atoms with Gasteiger partial charge in [0, 0.05) is 0 Å². The predicted molar refractivity (Wildman–Crippen MR) is 78.1 cm³/mol. The summed E-state index contributed by atoms with van der Waals surface area (Å²) >= 11 is 3.20. The van der Waals surface area contributed by atoms with Crippen molar-refractivity contribution in [1.29, 1.82) is 0 Å². The van der Waals surface area contributed by atoms with Crippen LogP contribution in [-0.2, 0) is 11.3 Å². The lowest BCUT2D eigenvalue weighted by Gasteiger charge is -2.06. The highest BCUT2D eigenvalue weighted by Gasteiger charge is 2.07. The van der Waals surface area contributed by atoms with Crippen LogP contribution in [0.5, 0.6) is 11.5 Å². The minimum absolute atomic E-state index is 0.00451. The molecule has 110 valence electrons. The third kappa shape index (κ3) is 4.02. The zero-order valence-electron chi connectivity index (χ0n) is 11.0. The number of benzene rings is 1. The second-order valence-electron chi connectivity index (χ2n) is 3.94. The molecule has 0 aliphatic heterocycles. The normalized spacial score (nSPS) is 10.8. The first kappa shape index (κ1) is 15.0. The smallest absolute Gasteiger partial charge is 0.261 e. The molecule has 0 unspecified atom stereocenters. The van der Waals surface area contributed by atoms with Gasteiger partial charge in [0.05, 0.1) is 17.8 Å². The van der Waals surface area contributed by atoms with Gasteiger partial charge in [-0.2, -0.15) is 10.2 Å². The summed E-state index contributed by atoms with van der Waals surface area (Å²) in [5.41, 5.74) is 3.01. The summed E-state index contributed by atoms with van der Waals surface area (Å²) in [6.45, 7) is 0.0277. The van der Waals surface area contributed by atoms with Crippen molar-refractivity contribution in [1.82, 2.24) is 20.2 Å². The summed E-state index contributed by atoms with van der Waals surface area (Å²) < 4.78 is 6.87. The standard InChI is InChI=1S/C12H12BrN5O3/c1-21-10-3-8(2-9(13)12(10)20)4-15-17-11(19)5-18-7-14-6-16-18/h2-4,6-7,20H,5H2,1H3,(H,17,19)/b15-4-. The van der Waals surface area contributed by atoms with E-state index < -0.39 is 0 Å². The number of ether oxygens (including phenoxy) is 1. The van der Waals surface area contributed by atoms with E-state index in [1.807, 2.05) is 0 Å². The first-order chi connectivity index (χ1) is 10.1. The SMILES string of the molecule is COc1cc(/C=N\NC(=O)Cn2cncn2)cc(Br)c1O. The number of aromatic nitrogens is 3. The van der Waals surface area contributed by atoms with Crippen molar-refractivity contribution in [3.8, 4) is 11.5 Å². The zero-order valence-corrected chi connectivity index (χ0v) is 12.6. The number of nitrogens with zero attached hydrogens (tertiary/aromatic N) is 4. The fraction of sp³-hybridized carbons (Fsp3) is 0.167. The van der Waals surface area contributed by atoms with Crippen LogP contribution in [0.15, 0.2) is 34.4 Å². The minimum Gasteiger partial charge on any atom is -0.503 e. The number of rotatable bonds is 5. The summed E-state index contributed by atoms with van der Waals surface area (Å²) in [5, 5.41) is 17.3. The van der Waals surface area contributed by atoms with Gasteiger partial charge in [0.1, 0.15) is 19.2 Å². The summed E-state index contributed by atoms with van der Waals surface area (Å²) in [6.07, 6.45) is 4.22. The number of hydrogen-bond donors (Lipinski definition) is 2. The van der Waals surface area contributed by atoms with Crippen LogP contribution < -0.4 is 10.2 Å². The molecule has 1 aromatic heterocycles. The molecule has 1 aromatic carbocycles. The molecule has 9 heteroatoms. The molecule has 2 rings (SSSR count). The van der Waals surface area contributed by atoms with E-state index in [0.29, 0.717) is 15.8 Å². The van der Waals surface area contributed by atoms with Gasteiger partial charge < -0.3 is 9.84 Å². The molecular formula is C12H12BrN5O3. The van der Waals surface area contributed by atoms with Gasteiger partial charge in [-0.15, -0.1) is 0 Å². The van der Waals surface area contributed by atoms with E-state index in [0.717, 1.165) is 0 Å². The largest absolute Gasteiger partial charge is 0.503 e. The minimum atomic E-state index is -0.332. The number of amides is 1. The molecule has 0 aliphatic carbocycles. The highest BCUT2D eigenvalue weighted by molar-refractivity contribution is 9.10. The predicted octanol–water partition coefficient (Wildman–Crippen LogP) is 0.905. The molecule has 0 bridgehead atoms. The maximum atomic E-state index is 11.6. The third-order valence-electron chi connectivity index (χ3n) is 2.45. The van der Waals surface area contributed by atoms with E-state index in [-0.39, 0.29) is 18.2 Å². The number of phenols is 1. The molecule has 0 saturated heterocycles. The molecule has 0 saturated carbocycles. The Hall–Kier alpha value is -2.42. The van der Waals surface area contributed by atoms with Gasteiger partial charge >= 0.3 is 0 Å². The third-order valence-corrected chi connectivity index (χ3v) is 3.05. The van der Waals surface area contributed by atoms with Crippen molar-refractivity contribution in [2.24, 2.45) is 5.10 Å². The second kappa shape index (κ2) is 6.84. The Kier molecular flexibility index (Phi) is 4.88. The fourth-order valence-electron chi connectivity index (χ4n) is 1.50. The Balaban J connectivity index is 1.98. The van der Waals surface area contributed by atoms with E-state index >= 15 is 0 Å². The number of phenolic OH excluding ortho intramolecular Hbond substituents is 1. The number of halogens is 1. The Labute approximate surface area is 128 Å². The Morgan fingerprint density at radius 3 is 3.10 bits per heavy atom. The highest BCUT2D eigenvalue weighted by atomic mass is 79.9. The average Bonchev–Trinajstić information content (AvgIpc) is 2.95. The first-order valence-corrected chi connectivity index (χ1v) is 6.60. The second-order valence-corrected chi connectivity index (χ2v) is 4.79. The van der Waals surface area contributed by atoms with Crippen molar-refractivity contribution in [2.75, 3.05) is 7.11 Å². The quantitative estimate of drug-likeness (QED) is 0.614. The van der Waals surface area contributed by atoms with Gasteiger partial charge in [-0.3, -0.25) is 4.79 Å². The van der Waals surface area contributed by atoms with E-state index in [1.165, 1.54) is 30.7 Å². The molecule has 0 fully saturated rings. The lowest BCUT2D eigenvalue weighted by molar-refractivity contribution is -0.121.